The number of ether oxygens (including phenoxy) is 1. The molecule has 2 aromatic rings. The smallest absolute Gasteiger partial charge is 0.181 e. The third-order valence-corrected chi connectivity index (χ3v) is 4.90. The van der Waals surface area contributed by atoms with Gasteiger partial charge in [0.1, 0.15) is 0 Å². The number of aryl methyl sites for hydroxylation is 2. The van der Waals surface area contributed by atoms with Gasteiger partial charge in [-0.15, -0.1) is 0 Å². The number of hydrogen-bond donors (Lipinski definition) is 1. The number of aliphatic imine (C=N–C) groups is 1. The van der Waals surface area contributed by atoms with E-state index in [0.717, 1.165) is 42.8 Å². The fourth-order valence-corrected chi connectivity index (χ4v) is 3.33. The Hall–Kier alpha value is -1.82. The van der Waals surface area contributed by atoms with Gasteiger partial charge in [0.25, 0.3) is 0 Å². The summed E-state index contributed by atoms with van der Waals surface area (Å²) in [5, 5.41) is 4.39. The SMILES string of the molecule is Cc1ccccc1N=C(Nc1ccccc1C)SN1CCOCC1. The highest BCUT2D eigenvalue weighted by Gasteiger charge is 2.15. The molecule has 0 unspecified atom stereocenters. The number of rotatable bonds is 3. The molecule has 0 radical (unpaired) electrons. The number of morpholine rings is 1. The highest BCUT2D eigenvalue weighted by Crippen LogP contribution is 2.24. The van der Waals surface area contributed by atoms with Crippen molar-refractivity contribution in [2.24, 2.45) is 4.99 Å². The van der Waals surface area contributed by atoms with Gasteiger partial charge in [-0.2, -0.15) is 0 Å². The second-order valence-corrected chi connectivity index (χ2v) is 6.86. The highest BCUT2D eigenvalue weighted by molar-refractivity contribution is 8.12. The van der Waals surface area contributed by atoms with Crippen LogP contribution >= 0.6 is 11.9 Å². The monoisotopic (exact) mass is 341 g/mol. The summed E-state index contributed by atoms with van der Waals surface area (Å²) < 4.78 is 7.74. The molecule has 0 aromatic heterocycles. The maximum atomic E-state index is 5.44. The fraction of sp³-hybridized carbons (Fsp3) is 0.316. The van der Waals surface area contributed by atoms with E-state index in [9.17, 15) is 0 Å². The van der Waals surface area contributed by atoms with Crippen molar-refractivity contribution >= 4 is 28.5 Å². The van der Waals surface area contributed by atoms with E-state index in [1.807, 2.05) is 24.3 Å². The maximum Gasteiger partial charge on any atom is 0.181 e. The van der Waals surface area contributed by atoms with Crippen LogP contribution in [0.3, 0.4) is 0 Å². The van der Waals surface area contributed by atoms with E-state index < -0.39 is 0 Å². The topological polar surface area (TPSA) is 36.9 Å². The lowest BCUT2D eigenvalue weighted by Gasteiger charge is -2.26. The number of nitrogens with zero attached hydrogens (tertiary/aromatic N) is 2. The Kier molecular flexibility index (Phi) is 5.91. The van der Waals surface area contributed by atoms with E-state index in [0.29, 0.717) is 0 Å². The molecule has 1 fully saturated rings. The van der Waals surface area contributed by atoms with Gasteiger partial charge >= 0.3 is 0 Å². The van der Waals surface area contributed by atoms with Crippen molar-refractivity contribution in [2.75, 3.05) is 31.6 Å². The molecule has 126 valence electrons. The minimum atomic E-state index is 0.773. The number of benzene rings is 2. The molecule has 5 heteroatoms. The van der Waals surface area contributed by atoms with Gasteiger partial charge in [-0.1, -0.05) is 36.4 Å². The van der Waals surface area contributed by atoms with Gasteiger partial charge in [0.2, 0.25) is 0 Å². The first kappa shape index (κ1) is 17.0. The van der Waals surface area contributed by atoms with Crippen LogP contribution in [0.1, 0.15) is 11.1 Å². The van der Waals surface area contributed by atoms with Crippen LogP contribution in [-0.2, 0) is 4.74 Å². The molecule has 1 aliphatic heterocycles. The molecular formula is C19H23N3OS. The number of hydrogen-bond acceptors (Lipinski definition) is 4. The van der Waals surface area contributed by atoms with Gasteiger partial charge in [-0.05, 0) is 49.1 Å². The average molecular weight is 341 g/mol. The van der Waals surface area contributed by atoms with E-state index in [1.165, 1.54) is 11.1 Å². The predicted octanol–water partition coefficient (Wildman–Crippen LogP) is 4.38. The van der Waals surface area contributed by atoms with Gasteiger partial charge < -0.3 is 10.1 Å². The number of nitrogens with one attached hydrogen (secondary N) is 1. The van der Waals surface area contributed by atoms with Gasteiger partial charge in [0.15, 0.2) is 5.17 Å². The number of amidine groups is 1. The molecule has 4 nitrogen and oxygen atoms in total. The summed E-state index contributed by atoms with van der Waals surface area (Å²) in [4.78, 5) is 4.87. The third-order valence-electron chi connectivity index (χ3n) is 3.91. The van der Waals surface area contributed by atoms with E-state index >= 15 is 0 Å². The Morgan fingerprint density at radius 1 is 1.00 bits per heavy atom. The van der Waals surface area contributed by atoms with Crippen molar-refractivity contribution in [3.8, 4) is 0 Å². The molecule has 3 rings (SSSR count). The van der Waals surface area contributed by atoms with Crippen molar-refractivity contribution in [3.63, 3.8) is 0 Å². The molecule has 1 aliphatic rings. The first-order chi connectivity index (χ1) is 11.7. The van der Waals surface area contributed by atoms with Gasteiger partial charge in [-0.3, -0.25) is 0 Å². The molecule has 2 aromatic carbocycles. The molecule has 0 bridgehead atoms. The second kappa shape index (κ2) is 8.33. The highest BCUT2D eigenvalue weighted by atomic mass is 32.2. The Morgan fingerprint density at radius 3 is 2.38 bits per heavy atom. The van der Waals surface area contributed by atoms with Gasteiger partial charge in [0, 0.05) is 18.8 Å². The quantitative estimate of drug-likeness (QED) is 0.510. The van der Waals surface area contributed by atoms with E-state index in [1.54, 1.807) is 11.9 Å². The Bertz CT molecular complexity index is 711. The molecule has 0 aliphatic carbocycles. The number of para-hydroxylation sites is 2. The van der Waals surface area contributed by atoms with Gasteiger partial charge in [-0.25, -0.2) is 9.30 Å². The predicted molar refractivity (Wildman–Crippen MR) is 103 cm³/mol. The molecule has 1 saturated heterocycles. The van der Waals surface area contributed by atoms with Crippen LogP contribution in [-0.4, -0.2) is 35.8 Å². The van der Waals surface area contributed by atoms with Crippen molar-refractivity contribution in [2.45, 2.75) is 13.8 Å². The largest absolute Gasteiger partial charge is 0.379 e. The normalized spacial score (nSPS) is 16.2. The van der Waals surface area contributed by atoms with Crippen LogP contribution in [0.25, 0.3) is 0 Å². The standard InChI is InChI=1S/C19H23N3OS/c1-15-7-3-5-9-17(15)20-19(24-22-11-13-23-14-12-22)21-18-10-6-4-8-16(18)2/h3-10H,11-14H2,1-2H3,(H,20,21). The van der Waals surface area contributed by atoms with Crippen LogP contribution in [0.2, 0.25) is 0 Å². The molecule has 0 atom stereocenters. The average Bonchev–Trinajstić information content (AvgIpc) is 2.60. The first-order valence-corrected chi connectivity index (χ1v) is 8.97. The van der Waals surface area contributed by atoms with Crippen molar-refractivity contribution in [1.82, 2.24) is 4.31 Å². The second-order valence-electron chi connectivity index (χ2n) is 5.78. The van der Waals surface area contributed by atoms with Crippen LogP contribution in [0, 0.1) is 13.8 Å². The van der Waals surface area contributed by atoms with Crippen LogP contribution < -0.4 is 5.32 Å². The lowest BCUT2D eigenvalue weighted by atomic mass is 10.2. The summed E-state index contributed by atoms with van der Waals surface area (Å²) in [6.45, 7) is 7.56. The minimum absolute atomic E-state index is 0.773. The van der Waals surface area contributed by atoms with Crippen LogP contribution in [0.15, 0.2) is 53.5 Å². The molecule has 24 heavy (non-hydrogen) atoms. The molecular weight excluding hydrogens is 318 g/mol. The minimum Gasteiger partial charge on any atom is -0.379 e. The molecule has 0 spiro atoms. The molecule has 0 saturated carbocycles. The lowest BCUT2D eigenvalue weighted by Crippen LogP contribution is -2.33. The summed E-state index contributed by atoms with van der Waals surface area (Å²) in [6, 6.07) is 16.5. The lowest BCUT2D eigenvalue weighted by molar-refractivity contribution is 0.0777. The number of anilines is 1. The molecule has 1 heterocycles. The summed E-state index contributed by atoms with van der Waals surface area (Å²) in [7, 11) is 0. The first-order valence-electron chi connectivity index (χ1n) is 8.20. The van der Waals surface area contributed by atoms with Crippen LogP contribution in [0.4, 0.5) is 11.4 Å². The summed E-state index contributed by atoms with van der Waals surface area (Å²) in [5.41, 5.74) is 4.46. The van der Waals surface area contributed by atoms with Crippen LogP contribution in [0.5, 0.6) is 0 Å². The fourth-order valence-electron chi connectivity index (χ4n) is 2.46. The summed E-state index contributed by atoms with van der Waals surface area (Å²) in [5.74, 6) is 0. The molecule has 1 N–H and O–H groups in total. The Morgan fingerprint density at radius 2 is 1.67 bits per heavy atom. The third kappa shape index (κ3) is 4.60. The van der Waals surface area contributed by atoms with Crippen molar-refractivity contribution in [1.29, 1.82) is 0 Å². The summed E-state index contributed by atoms with van der Waals surface area (Å²) >= 11 is 1.66. The van der Waals surface area contributed by atoms with Crippen molar-refractivity contribution < 1.29 is 4.74 Å². The maximum absolute atomic E-state index is 5.44. The van der Waals surface area contributed by atoms with Gasteiger partial charge in [0.05, 0.1) is 18.9 Å². The Labute approximate surface area is 148 Å². The van der Waals surface area contributed by atoms with E-state index in [2.05, 4.69) is 47.7 Å². The zero-order valence-electron chi connectivity index (χ0n) is 14.2. The van der Waals surface area contributed by atoms with E-state index in [-0.39, 0.29) is 0 Å². The summed E-state index contributed by atoms with van der Waals surface area (Å²) in [6.07, 6.45) is 0. The Balaban J connectivity index is 1.85. The zero-order chi connectivity index (χ0) is 16.8. The zero-order valence-corrected chi connectivity index (χ0v) is 15.0. The van der Waals surface area contributed by atoms with E-state index in [4.69, 9.17) is 9.73 Å². The molecule has 0 amide bonds. The van der Waals surface area contributed by atoms with Crippen molar-refractivity contribution in [3.05, 3.63) is 59.7 Å².